The molecule has 2 fully saturated rings. The average Bonchev–Trinajstić information content (AvgIpc) is 4.16. The predicted octanol–water partition coefficient (Wildman–Crippen LogP) is 8.73. The number of anilines is 4. The summed E-state index contributed by atoms with van der Waals surface area (Å²) in [5, 5.41) is 8.87. The summed E-state index contributed by atoms with van der Waals surface area (Å²) < 4.78 is 62.3. The second kappa shape index (κ2) is 28.5. The highest BCUT2D eigenvalue weighted by molar-refractivity contribution is 6.34. The summed E-state index contributed by atoms with van der Waals surface area (Å²) in [6, 6.07) is 10.9. The van der Waals surface area contributed by atoms with E-state index in [4.69, 9.17) is 75.3 Å². The minimum Gasteiger partial charge on any atom is -0.493 e. The first-order valence-corrected chi connectivity index (χ1v) is 27.7. The number of hydrogen-bond donors (Lipinski definition) is 2. The number of fused-ring (bicyclic) bond motifs is 4. The molecule has 6 heterocycles. The minimum atomic E-state index is 0.0544. The molecule has 4 aliphatic rings. The molecule has 4 aliphatic heterocycles. The van der Waals surface area contributed by atoms with Gasteiger partial charge in [0.15, 0.2) is 46.0 Å². The zero-order valence-electron chi connectivity index (χ0n) is 47.1. The lowest BCUT2D eigenvalue weighted by Gasteiger charge is -2.35. The first-order chi connectivity index (χ1) is 39.9. The summed E-state index contributed by atoms with van der Waals surface area (Å²) in [6.07, 6.45) is 6.22. The Kier molecular flexibility index (Phi) is 20.6. The number of nitrogens with zero attached hydrogens (tertiary/aromatic N) is 7. The Balaban J connectivity index is 0.000000198. The number of ether oxygens (including phenoxy) is 11. The first-order valence-electron chi connectivity index (χ1n) is 27.0. The van der Waals surface area contributed by atoms with Crippen LogP contribution in [-0.2, 0) is 19.0 Å². The lowest BCUT2D eigenvalue weighted by Crippen LogP contribution is -2.48. The Morgan fingerprint density at radius 1 is 0.610 bits per heavy atom. The van der Waals surface area contributed by atoms with E-state index < -0.39 is 0 Å². The van der Waals surface area contributed by atoms with E-state index in [9.17, 15) is 4.79 Å². The van der Waals surface area contributed by atoms with Crippen molar-refractivity contribution in [1.82, 2.24) is 34.6 Å². The highest BCUT2D eigenvalue weighted by Gasteiger charge is 2.28. The lowest BCUT2D eigenvalue weighted by molar-refractivity contribution is -0.130. The summed E-state index contributed by atoms with van der Waals surface area (Å²) in [7, 11) is 6.38. The van der Waals surface area contributed by atoms with Gasteiger partial charge in [0.2, 0.25) is 19.5 Å². The summed E-state index contributed by atoms with van der Waals surface area (Å²) >= 11 is 13.3. The molecule has 1 amide bonds. The fourth-order valence-electron chi connectivity index (χ4n) is 9.85. The third-order valence-electron chi connectivity index (χ3n) is 13.7. The largest absolute Gasteiger partial charge is 0.493 e. The van der Waals surface area contributed by atoms with Crippen molar-refractivity contribution in [3.8, 4) is 69.7 Å². The number of halogens is 2. The molecular weight excluding hydrogens is 1100 g/mol. The van der Waals surface area contributed by atoms with Crippen LogP contribution in [-0.4, -0.2) is 174 Å². The van der Waals surface area contributed by atoms with Gasteiger partial charge in [0, 0.05) is 89.9 Å². The van der Waals surface area contributed by atoms with Crippen LogP contribution in [0, 0.1) is 23.7 Å². The normalized spacial score (nSPS) is 16.3. The van der Waals surface area contributed by atoms with Gasteiger partial charge in [-0.25, -0.2) is 19.9 Å². The van der Waals surface area contributed by atoms with Crippen LogP contribution in [0.3, 0.4) is 0 Å². The molecule has 10 rings (SSSR count). The minimum absolute atomic E-state index is 0.0544. The number of nitrogens with one attached hydrogen (secondary N) is 2. The van der Waals surface area contributed by atoms with E-state index >= 15 is 0 Å². The van der Waals surface area contributed by atoms with Gasteiger partial charge in [-0.05, 0) is 63.9 Å². The Morgan fingerprint density at radius 3 is 1.56 bits per heavy atom. The van der Waals surface area contributed by atoms with Crippen molar-refractivity contribution in [2.45, 2.75) is 52.2 Å². The van der Waals surface area contributed by atoms with Crippen LogP contribution in [0.1, 0.15) is 51.2 Å². The van der Waals surface area contributed by atoms with Gasteiger partial charge >= 0.3 is 0 Å². The number of aromatic nitrogens is 4. The Hall–Kier alpha value is -7.47. The van der Waals surface area contributed by atoms with Gasteiger partial charge in [-0.3, -0.25) is 14.6 Å². The molecule has 2 aromatic heterocycles. The molecule has 2 saturated heterocycles. The maximum atomic E-state index is 11.5. The van der Waals surface area contributed by atoms with Crippen LogP contribution in [0.25, 0.3) is 21.8 Å². The molecular formula is C59H67Cl2N9O12. The third kappa shape index (κ3) is 14.6. The van der Waals surface area contributed by atoms with Crippen LogP contribution in [0.15, 0.2) is 49.1 Å². The van der Waals surface area contributed by atoms with Crippen LogP contribution >= 0.6 is 23.2 Å². The number of rotatable bonds is 19. The number of piperazine rings is 1. The van der Waals surface area contributed by atoms with Gasteiger partial charge in [-0.2, -0.15) is 0 Å². The topological polar surface area (TPSA) is 204 Å². The number of amides is 1. The Morgan fingerprint density at radius 2 is 1.09 bits per heavy atom. The number of benzene rings is 4. The van der Waals surface area contributed by atoms with Gasteiger partial charge in [0.05, 0.1) is 71.8 Å². The standard InChI is InChI=1S/C30H34ClN5O6.C29H33ClN4O6/c1-20(37)36-11-9-35(10-12-36)8-4-5-14-40-26-17-24-22(16-25(26)39-3)30(33-18-32-24)34-27-23(31)15-21(7-6-13-38-2)28-29(27)42-19-41-28;1-18-14-34(15-19(2)40-18)8-6-10-37-25-13-23-21(12-24(25)36-4)29(32-16-31-23)33-26-22(30)11-20(7-5-9-35-3)27-28(26)39-17-38-27/h15-18H,4-5,8-14,19H2,1-3H3,(H,32,33,34);11-13,16,18-19H,6,8-10,14-15,17H2,1-4H3,(H,31,32,33)/t;18-,19+. The zero-order chi connectivity index (χ0) is 57.5. The smallest absolute Gasteiger partial charge is 0.231 e. The van der Waals surface area contributed by atoms with Crippen LogP contribution in [0.2, 0.25) is 10.0 Å². The molecule has 0 spiro atoms. The Labute approximate surface area is 487 Å². The highest BCUT2D eigenvalue weighted by atomic mass is 35.5. The maximum Gasteiger partial charge on any atom is 0.231 e. The second-order valence-electron chi connectivity index (χ2n) is 19.5. The number of unbranched alkanes of at least 4 members (excludes halogenated alkanes) is 1. The number of methoxy groups -OCH3 is 4. The Bertz CT molecular complexity index is 3350. The van der Waals surface area contributed by atoms with E-state index in [1.807, 2.05) is 29.2 Å². The first kappa shape index (κ1) is 59.2. The number of carbonyl (C=O) groups excluding carboxylic acids is 1. The van der Waals surface area contributed by atoms with E-state index in [0.29, 0.717) is 121 Å². The van der Waals surface area contributed by atoms with Gasteiger partial charge in [0.1, 0.15) is 48.9 Å². The maximum absolute atomic E-state index is 11.5. The van der Waals surface area contributed by atoms with E-state index in [-0.39, 0.29) is 38.3 Å². The average molecular weight is 1170 g/mol. The fourth-order valence-corrected chi connectivity index (χ4v) is 10.3. The molecule has 0 unspecified atom stereocenters. The molecule has 82 heavy (non-hydrogen) atoms. The molecule has 21 nitrogen and oxygen atoms in total. The number of carbonyl (C=O) groups is 1. The van der Waals surface area contributed by atoms with Gasteiger partial charge in [0.25, 0.3) is 0 Å². The van der Waals surface area contributed by atoms with Crippen molar-refractivity contribution in [1.29, 1.82) is 0 Å². The molecule has 23 heteroatoms. The zero-order valence-corrected chi connectivity index (χ0v) is 48.6. The summed E-state index contributed by atoms with van der Waals surface area (Å²) in [5.74, 6) is 17.4. The molecule has 2 N–H and O–H groups in total. The van der Waals surface area contributed by atoms with E-state index in [0.717, 1.165) is 82.4 Å². The lowest BCUT2D eigenvalue weighted by atomic mass is 10.1. The summed E-state index contributed by atoms with van der Waals surface area (Å²) in [5.41, 5.74) is 3.64. The molecule has 0 radical (unpaired) electrons. The second-order valence-corrected chi connectivity index (χ2v) is 20.3. The van der Waals surface area contributed by atoms with Crippen molar-refractivity contribution in [3.05, 3.63) is 70.2 Å². The van der Waals surface area contributed by atoms with Gasteiger partial charge in [-0.1, -0.05) is 46.9 Å². The van der Waals surface area contributed by atoms with Crippen LogP contribution < -0.4 is 48.5 Å². The molecule has 4 aromatic carbocycles. The SMILES string of the molecule is COCC#Cc1cc(Cl)c(Nc2ncnc3cc(OCCCCN4CCN(C(C)=O)CC4)c(OC)cc23)c2c1OCO2.COCC#Cc1cc(Cl)c(Nc2ncnc3cc(OCCCN4C[C@@H](C)O[C@@H](C)C4)c(OC)cc23)c2c1OCO2. The molecule has 2 atom stereocenters. The van der Waals surface area contributed by atoms with E-state index in [2.05, 4.69) is 77.9 Å². The van der Waals surface area contributed by atoms with E-state index in [1.165, 1.54) is 12.7 Å². The fraction of sp³-hybridized carbons (Fsp3) is 0.441. The molecule has 6 aromatic rings. The molecule has 0 aliphatic carbocycles. The van der Waals surface area contributed by atoms with Crippen LogP contribution in [0.5, 0.6) is 46.0 Å². The highest BCUT2D eigenvalue weighted by Crippen LogP contribution is 2.49. The summed E-state index contributed by atoms with van der Waals surface area (Å²) in [4.78, 5) is 36.1. The van der Waals surface area contributed by atoms with Crippen molar-refractivity contribution in [3.63, 3.8) is 0 Å². The molecule has 434 valence electrons. The van der Waals surface area contributed by atoms with Crippen molar-refractivity contribution >= 4 is 73.9 Å². The number of hydrogen-bond acceptors (Lipinski definition) is 20. The van der Waals surface area contributed by atoms with Crippen molar-refractivity contribution in [2.75, 3.05) is 131 Å². The van der Waals surface area contributed by atoms with Crippen molar-refractivity contribution < 1.29 is 56.9 Å². The predicted molar refractivity (Wildman–Crippen MR) is 311 cm³/mol. The van der Waals surface area contributed by atoms with Crippen LogP contribution in [0.4, 0.5) is 23.0 Å². The molecule has 0 bridgehead atoms. The van der Waals surface area contributed by atoms with Gasteiger partial charge in [-0.15, -0.1) is 0 Å². The summed E-state index contributed by atoms with van der Waals surface area (Å²) in [6.45, 7) is 14.8. The molecule has 0 saturated carbocycles. The third-order valence-corrected chi connectivity index (χ3v) is 14.3. The quantitative estimate of drug-likeness (QED) is 0.0575. The van der Waals surface area contributed by atoms with E-state index in [1.54, 1.807) is 47.5 Å². The van der Waals surface area contributed by atoms with Gasteiger partial charge < -0.3 is 67.6 Å². The monoisotopic (exact) mass is 1160 g/mol. The number of morpholine rings is 1. The van der Waals surface area contributed by atoms with Crippen molar-refractivity contribution in [2.24, 2.45) is 0 Å².